The van der Waals surface area contributed by atoms with Crippen molar-refractivity contribution in [2.45, 2.75) is 38.6 Å². The number of nitrogens with one attached hydrogen (secondary N) is 1. The van der Waals surface area contributed by atoms with Crippen LogP contribution in [0.2, 0.25) is 0 Å². The highest BCUT2D eigenvalue weighted by Gasteiger charge is 2.50. The monoisotopic (exact) mass is 285 g/mol. The van der Waals surface area contributed by atoms with E-state index in [-0.39, 0.29) is 18.5 Å². The Morgan fingerprint density at radius 2 is 1.95 bits per heavy atom. The molecule has 0 spiro atoms. The van der Waals surface area contributed by atoms with Crippen LogP contribution in [0.1, 0.15) is 37.3 Å². The molecular weight excluding hydrogens is 266 g/mol. The van der Waals surface area contributed by atoms with Crippen molar-refractivity contribution in [2.24, 2.45) is 0 Å². The molecule has 0 saturated carbocycles. The summed E-state index contributed by atoms with van der Waals surface area (Å²) in [7, 11) is 0. The molecule has 1 fully saturated rings. The Balaban J connectivity index is 2.29. The zero-order valence-corrected chi connectivity index (χ0v) is 12.3. The quantitative estimate of drug-likeness (QED) is 0.667. The molecule has 5 heteroatoms. The first kappa shape index (κ1) is 15.0. The fourth-order valence-electron chi connectivity index (χ4n) is 2.62. The highest BCUT2D eigenvalue weighted by atomic mass is 16.2. The number of nitrogens with zero attached hydrogens (tertiary/aromatic N) is 2. The van der Waals surface area contributed by atoms with Crippen molar-refractivity contribution in [1.29, 1.82) is 5.26 Å². The molecule has 1 saturated heterocycles. The summed E-state index contributed by atoms with van der Waals surface area (Å²) >= 11 is 0. The van der Waals surface area contributed by atoms with Crippen LogP contribution < -0.4 is 5.32 Å². The molecule has 1 aliphatic rings. The average Bonchev–Trinajstić information content (AvgIpc) is 2.73. The number of urea groups is 1. The van der Waals surface area contributed by atoms with Gasteiger partial charge in [0.2, 0.25) is 0 Å². The number of carbonyl (C=O) groups is 2. The normalized spacial score (nSPS) is 21.3. The van der Waals surface area contributed by atoms with Gasteiger partial charge < -0.3 is 5.32 Å². The van der Waals surface area contributed by atoms with E-state index in [9.17, 15) is 9.59 Å². The molecule has 21 heavy (non-hydrogen) atoms. The van der Waals surface area contributed by atoms with E-state index in [0.29, 0.717) is 19.3 Å². The molecule has 1 heterocycles. The van der Waals surface area contributed by atoms with Crippen LogP contribution in [0.3, 0.4) is 0 Å². The van der Waals surface area contributed by atoms with Gasteiger partial charge in [-0.15, -0.1) is 0 Å². The van der Waals surface area contributed by atoms with E-state index in [1.54, 1.807) is 0 Å². The predicted molar refractivity (Wildman–Crippen MR) is 78.2 cm³/mol. The molecule has 1 atom stereocenters. The van der Waals surface area contributed by atoms with Gasteiger partial charge in [-0.3, -0.25) is 9.69 Å². The molecule has 110 valence electrons. The zero-order valence-electron chi connectivity index (χ0n) is 12.3. The number of benzene rings is 1. The van der Waals surface area contributed by atoms with Crippen LogP contribution in [0.4, 0.5) is 4.79 Å². The van der Waals surface area contributed by atoms with Gasteiger partial charge in [0, 0.05) is 13.0 Å². The summed E-state index contributed by atoms with van der Waals surface area (Å²) in [5.41, 5.74) is 0.932. The summed E-state index contributed by atoms with van der Waals surface area (Å²) in [4.78, 5) is 26.0. The third kappa shape index (κ3) is 2.62. The molecular formula is C16H19N3O2. The molecule has 2 rings (SSSR count). The van der Waals surface area contributed by atoms with E-state index in [4.69, 9.17) is 5.26 Å². The summed E-state index contributed by atoms with van der Waals surface area (Å²) in [6, 6.07) is 9.29. The van der Waals surface area contributed by atoms with Crippen molar-refractivity contribution in [3.8, 4) is 6.07 Å². The van der Waals surface area contributed by atoms with Crippen LogP contribution in [0.25, 0.3) is 0 Å². The van der Waals surface area contributed by atoms with Crippen molar-refractivity contribution in [3.05, 3.63) is 35.4 Å². The molecule has 5 nitrogen and oxygen atoms in total. The largest absolute Gasteiger partial charge is 0.325 e. The van der Waals surface area contributed by atoms with E-state index in [1.165, 1.54) is 4.90 Å². The first-order valence-electron chi connectivity index (χ1n) is 7.13. The number of hydrogen-bond acceptors (Lipinski definition) is 3. The van der Waals surface area contributed by atoms with Crippen molar-refractivity contribution in [1.82, 2.24) is 10.2 Å². The Kier molecular flexibility index (Phi) is 4.27. The van der Waals surface area contributed by atoms with Crippen molar-refractivity contribution in [2.75, 3.05) is 6.54 Å². The standard InChI is InChI=1S/C16H19N3O2/c1-3-16(13-8-6-12(2)7-9-13)14(20)19(15(21)18-16)11-5-4-10-17/h6-9H,3-5,11H2,1-2H3,(H,18,21). The van der Waals surface area contributed by atoms with E-state index < -0.39 is 5.54 Å². The van der Waals surface area contributed by atoms with Crippen LogP contribution in [0.5, 0.6) is 0 Å². The molecule has 1 unspecified atom stereocenters. The lowest BCUT2D eigenvalue weighted by molar-refractivity contribution is -0.131. The molecule has 1 aromatic carbocycles. The van der Waals surface area contributed by atoms with Gasteiger partial charge in [0.15, 0.2) is 0 Å². The van der Waals surface area contributed by atoms with Crippen molar-refractivity contribution >= 4 is 11.9 Å². The van der Waals surface area contributed by atoms with Gasteiger partial charge in [-0.25, -0.2) is 4.79 Å². The summed E-state index contributed by atoms with van der Waals surface area (Å²) in [6.45, 7) is 4.15. The number of hydrogen-bond donors (Lipinski definition) is 1. The van der Waals surface area contributed by atoms with Crippen LogP contribution in [-0.4, -0.2) is 23.4 Å². The van der Waals surface area contributed by atoms with Crippen LogP contribution >= 0.6 is 0 Å². The van der Waals surface area contributed by atoms with Gasteiger partial charge in [-0.05, 0) is 25.3 Å². The molecule has 0 aliphatic carbocycles. The molecule has 0 aromatic heterocycles. The number of rotatable bonds is 5. The molecule has 1 aromatic rings. The predicted octanol–water partition coefficient (Wildman–Crippen LogP) is 2.46. The number of amides is 3. The molecule has 1 aliphatic heterocycles. The third-order valence-electron chi connectivity index (χ3n) is 3.92. The lowest BCUT2D eigenvalue weighted by Crippen LogP contribution is -2.43. The van der Waals surface area contributed by atoms with Crippen LogP contribution in [-0.2, 0) is 10.3 Å². The average molecular weight is 285 g/mol. The van der Waals surface area contributed by atoms with Crippen molar-refractivity contribution in [3.63, 3.8) is 0 Å². The van der Waals surface area contributed by atoms with Gasteiger partial charge in [0.05, 0.1) is 6.07 Å². The van der Waals surface area contributed by atoms with Crippen LogP contribution in [0, 0.1) is 18.3 Å². The minimum absolute atomic E-state index is 0.225. The zero-order chi connectivity index (χ0) is 15.5. The van der Waals surface area contributed by atoms with Crippen molar-refractivity contribution < 1.29 is 9.59 Å². The highest BCUT2D eigenvalue weighted by molar-refractivity contribution is 6.07. The maximum atomic E-state index is 12.7. The molecule has 0 bridgehead atoms. The number of aryl methyl sites for hydroxylation is 1. The smallest absolute Gasteiger partial charge is 0.319 e. The lowest BCUT2D eigenvalue weighted by Gasteiger charge is -2.26. The molecule has 3 amide bonds. The molecule has 1 N–H and O–H groups in total. The second-order valence-corrected chi connectivity index (χ2v) is 5.27. The minimum atomic E-state index is -0.975. The Labute approximate surface area is 124 Å². The first-order chi connectivity index (χ1) is 10.0. The number of nitriles is 1. The third-order valence-corrected chi connectivity index (χ3v) is 3.92. The fraction of sp³-hybridized carbons (Fsp3) is 0.438. The number of carbonyl (C=O) groups excluding carboxylic acids is 2. The topological polar surface area (TPSA) is 73.2 Å². The Morgan fingerprint density at radius 3 is 2.52 bits per heavy atom. The summed E-state index contributed by atoms with van der Waals surface area (Å²) in [5, 5.41) is 11.4. The van der Waals surface area contributed by atoms with E-state index in [0.717, 1.165) is 11.1 Å². The Hall–Kier alpha value is -2.35. The van der Waals surface area contributed by atoms with Gasteiger partial charge in [0.25, 0.3) is 5.91 Å². The van der Waals surface area contributed by atoms with Gasteiger partial charge in [-0.2, -0.15) is 5.26 Å². The second kappa shape index (κ2) is 5.96. The minimum Gasteiger partial charge on any atom is -0.319 e. The summed E-state index contributed by atoms with van der Waals surface area (Å²) < 4.78 is 0. The fourth-order valence-corrected chi connectivity index (χ4v) is 2.62. The highest BCUT2D eigenvalue weighted by Crippen LogP contribution is 2.32. The molecule has 0 radical (unpaired) electrons. The lowest BCUT2D eigenvalue weighted by atomic mass is 9.86. The SMILES string of the molecule is CCC1(c2ccc(C)cc2)NC(=O)N(CCCC#N)C1=O. The van der Waals surface area contributed by atoms with E-state index >= 15 is 0 Å². The summed E-state index contributed by atoms with van der Waals surface area (Å²) in [5.74, 6) is -0.225. The summed E-state index contributed by atoms with van der Waals surface area (Å²) in [6.07, 6.45) is 1.33. The second-order valence-electron chi connectivity index (χ2n) is 5.27. The Bertz CT molecular complexity index is 589. The first-order valence-corrected chi connectivity index (χ1v) is 7.13. The Morgan fingerprint density at radius 1 is 1.29 bits per heavy atom. The van der Waals surface area contributed by atoms with Gasteiger partial charge in [-0.1, -0.05) is 36.8 Å². The van der Waals surface area contributed by atoms with E-state index in [1.807, 2.05) is 44.2 Å². The number of imide groups is 1. The maximum absolute atomic E-state index is 12.7. The van der Waals surface area contributed by atoms with Crippen LogP contribution in [0.15, 0.2) is 24.3 Å². The van der Waals surface area contributed by atoms with Gasteiger partial charge in [0.1, 0.15) is 5.54 Å². The van der Waals surface area contributed by atoms with Gasteiger partial charge >= 0.3 is 6.03 Å². The number of unbranched alkanes of at least 4 members (excludes halogenated alkanes) is 1. The maximum Gasteiger partial charge on any atom is 0.325 e. The van der Waals surface area contributed by atoms with E-state index in [2.05, 4.69) is 5.32 Å².